The fourth-order valence-electron chi connectivity index (χ4n) is 3.14. The molecule has 0 aromatic heterocycles. The number of benzene rings is 1. The Morgan fingerprint density at radius 3 is 2.40 bits per heavy atom. The van der Waals surface area contributed by atoms with Gasteiger partial charge in [0.15, 0.2) is 0 Å². The van der Waals surface area contributed by atoms with E-state index in [0.717, 1.165) is 0 Å². The van der Waals surface area contributed by atoms with Gasteiger partial charge in [0.05, 0.1) is 24.6 Å². The minimum Gasteiger partial charge on any atom is -0.491 e. The van der Waals surface area contributed by atoms with Crippen LogP contribution in [0.1, 0.15) is 19.4 Å². The van der Waals surface area contributed by atoms with Gasteiger partial charge in [0, 0.05) is 50.2 Å². The molecule has 2 rings (SSSR count). The fraction of sp³-hybridized carbons (Fsp3) is 0.429. The molecular formula is C21H32N6O3. The highest BCUT2D eigenvalue weighted by atomic mass is 16.5. The molecule has 0 saturated carbocycles. The number of carbonyl (C=O) groups is 1. The molecule has 1 aromatic rings. The predicted molar refractivity (Wildman–Crippen MR) is 118 cm³/mol. The van der Waals surface area contributed by atoms with E-state index in [1.54, 1.807) is 36.2 Å². The fourth-order valence-corrected chi connectivity index (χ4v) is 3.14. The van der Waals surface area contributed by atoms with Crippen molar-refractivity contribution >= 4 is 17.5 Å². The van der Waals surface area contributed by atoms with Gasteiger partial charge < -0.3 is 30.0 Å². The van der Waals surface area contributed by atoms with Gasteiger partial charge in [-0.15, -0.1) is 0 Å². The molecule has 0 unspecified atom stereocenters. The number of hydrogen-bond donors (Lipinski definition) is 3. The van der Waals surface area contributed by atoms with Gasteiger partial charge in [0.1, 0.15) is 5.75 Å². The number of nitrogens with one attached hydrogen (secondary N) is 1. The molecule has 164 valence electrons. The molecule has 1 fully saturated rings. The van der Waals surface area contributed by atoms with Crippen molar-refractivity contribution in [2.45, 2.75) is 20.0 Å². The van der Waals surface area contributed by atoms with Crippen molar-refractivity contribution in [1.82, 2.24) is 14.8 Å². The van der Waals surface area contributed by atoms with Crippen LogP contribution in [0.2, 0.25) is 0 Å². The van der Waals surface area contributed by atoms with Gasteiger partial charge in [-0.2, -0.15) is 0 Å². The molecular weight excluding hydrogens is 384 g/mol. The Hall–Kier alpha value is -3.20. The highest BCUT2D eigenvalue weighted by Crippen LogP contribution is 2.24. The van der Waals surface area contributed by atoms with E-state index >= 15 is 0 Å². The van der Waals surface area contributed by atoms with Crippen LogP contribution < -0.4 is 16.3 Å². The Kier molecular flexibility index (Phi) is 7.71. The van der Waals surface area contributed by atoms with Crippen LogP contribution in [-0.2, 0) is 4.74 Å². The first-order valence-corrected chi connectivity index (χ1v) is 9.76. The number of carbonyl (C=O) groups excluding carboxylic acids is 1. The van der Waals surface area contributed by atoms with Crippen LogP contribution in [-0.4, -0.2) is 73.1 Å². The van der Waals surface area contributed by atoms with Gasteiger partial charge in [0.25, 0.3) is 0 Å². The van der Waals surface area contributed by atoms with E-state index in [9.17, 15) is 4.79 Å². The smallest absolute Gasteiger partial charge is 0.409 e. The molecule has 5 N–H and O–H groups in total. The summed E-state index contributed by atoms with van der Waals surface area (Å²) in [6.45, 7) is 10.3. The number of nitrogen functional groups attached to an aromatic ring is 1. The molecule has 0 radical (unpaired) electrons. The molecule has 30 heavy (non-hydrogen) atoms. The number of piperazine rings is 1. The summed E-state index contributed by atoms with van der Waals surface area (Å²) >= 11 is 0. The van der Waals surface area contributed by atoms with Crippen LogP contribution in [0.4, 0.5) is 10.5 Å². The standard InChI is InChI=1S/C21H32N6O3/c1-14(2)30-16-6-7-18(22)17(13-16)20(23)19(25(4)24)12-15(3)26-8-10-27(11-9-26)21(28)29-5/h6-7,12-14,23H,3,8-11,22,24H2,1-2,4-5H3/b19-12-,23-20?. The van der Waals surface area contributed by atoms with E-state index in [4.69, 9.17) is 26.5 Å². The summed E-state index contributed by atoms with van der Waals surface area (Å²) in [7, 11) is 3.03. The van der Waals surface area contributed by atoms with Crippen molar-refractivity contribution in [3.63, 3.8) is 0 Å². The number of nitrogens with two attached hydrogens (primary N) is 2. The molecule has 1 aliphatic heterocycles. The quantitative estimate of drug-likeness (QED) is 0.204. The molecule has 1 aliphatic rings. The van der Waals surface area contributed by atoms with Crippen molar-refractivity contribution < 1.29 is 14.3 Å². The maximum Gasteiger partial charge on any atom is 0.409 e. The third-order valence-electron chi connectivity index (χ3n) is 4.72. The summed E-state index contributed by atoms with van der Waals surface area (Å²) in [5.74, 6) is 6.66. The summed E-state index contributed by atoms with van der Waals surface area (Å²) < 4.78 is 10.5. The third-order valence-corrected chi connectivity index (χ3v) is 4.72. The van der Waals surface area contributed by atoms with Gasteiger partial charge >= 0.3 is 6.09 Å². The molecule has 0 bridgehead atoms. The van der Waals surface area contributed by atoms with E-state index in [2.05, 4.69) is 6.58 Å². The molecule has 0 spiro atoms. The zero-order valence-corrected chi connectivity index (χ0v) is 18.1. The van der Waals surface area contributed by atoms with Gasteiger partial charge in [-0.3, -0.25) is 5.41 Å². The highest BCUT2D eigenvalue weighted by Gasteiger charge is 2.23. The average Bonchev–Trinajstić information content (AvgIpc) is 2.71. The zero-order chi connectivity index (χ0) is 22.4. The van der Waals surface area contributed by atoms with Crippen molar-refractivity contribution in [2.24, 2.45) is 5.84 Å². The number of ether oxygens (including phenoxy) is 2. The minimum absolute atomic E-state index is 0.00582. The Bertz CT molecular complexity index is 826. The maximum atomic E-state index is 11.7. The van der Waals surface area contributed by atoms with Crippen LogP contribution in [0.5, 0.6) is 5.75 Å². The molecule has 0 atom stereocenters. The molecule has 0 aliphatic carbocycles. The predicted octanol–water partition coefficient (Wildman–Crippen LogP) is 2.01. The number of methoxy groups -OCH3 is 1. The summed E-state index contributed by atoms with van der Waals surface area (Å²) in [5.41, 5.74) is 8.44. The maximum absolute atomic E-state index is 11.7. The third kappa shape index (κ3) is 5.66. The number of hydrazine groups is 1. The van der Waals surface area contributed by atoms with Crippen molar-refractivity contribution in [2.75, 3.05) is 46.1 Å². The van der Waals surface area contributed by atoms with Crippen molar-refractivity contribution in [1.29, 1.82) is 5.41 Å². The van der Waals surface area contributed by atoms with Crippen LogP contribution in [0, 0.1) is 5.41 Å². The van der Waals surface area contributed by atoms with E-state index < -0.39 is 0 Å². The zero-order valence-electron chi connectivity index (χ0n) is 18.1. The first-order valence-electron chi connectivity index (χ1n) is 9.76. The lowest BCUT2D eigenvalue weighted by Gasteiger charge is -2.35. The van der Waals surface area contributed by atoms with Crippen LogP contribution in [0.15, 0.2) is 42.2 Å². The normalized spacial score (nSPS) is 14.5. The summed E-state index contributed by atoms with van der Waals surface area (Å²) in [6, 6.07) is 5.24. The van der Waals surface area contributed by atoms with Crippen molar-refractivity contribution in [3.8, 4) is 5.75 Å². The lowest BCUT2D eigenvalue weighted by molar-refractivity contribution is 0.101. The van der Waals surface area contributed by atoms with E-state index in [1.165, 1.54) is 12.1 Å². The van der Waals surface area contributed by atoms with Gasteiger partial charge in [-0.1, -0.05) is 6.58 Å². The summed E-state index contributed by atoms with van der Waals surface area (Å²) in [6.07, 6.45) is 1.43. The Morgan fingerprint density at radius 2 is 1.87 bits per heavy atom. The summed E-state index contributed by atoms with van der Waals surface area (Å²) in [4.78, 5) is 15.3. The van der Waals surface area contributed by atoms with E-state index in [1.807, 2.05) is 18.7 Å². The molecule has 1 amide bonds. The number of nitrogens with zero attached hydrogens (tertiary/aromatic N) is 3. The van der Waals surface area contributed by atoms with E-state index in [-0.39, 0.29) is 17.9 Å². The number of allylic oxidation sites excluding steroid dienone is 2. The lowest BCUT2D eigenvalue weighted by Crippen LogP contribution is -2.48. The second-order valence-corrected chi connectivity index (χ2v) is 7.37. The number of rotatable bonds is 7. The Labute approximate surface area is 178 Å². The first-order chi connectivity index (χ1) is 14.1. The molecule has 9 heteroatoms. The SMILES string of the molecule is C=C(/C=C(/C(=N)c1cc(OC(C)C)ccc1N)N(C)N)N1CCN(C(=O)OC)CC1. The number of hydrogen-bond acceptors (Lipinski definition) is 8. The van der Waals surface area contributed by atoms with Crippen LogP contribution in [0.25, 0.3) is 0 Å². The molecule has 1 saturated heterocycles. The number of anilines is 1. The second-order valence-electron chi connectivity index (χ2n) is 7.37. The Balaban J connectivity index is 2.21. The minimum atomic E-state index is -0.334. The second kappa shape index (κ2) is 10.0. The molecule has 1 aromatic carbocycles. The Morgan fingerprint density at radius 1 is 1.27 bits per heavy atom. The summed E-state index contributed by atoms with van der Waals surface area (Å²) in [5, 5.41) is 10.1. The first kappa shape index (κ1) is 23.1. The van der Waals surface area contributed by atoms with Crippen LogP contribution in [0.3, 0.4) is 0 Å². The van der Waals surface area contributed by atoms with Crippen molar-refractivity contribution in [3.05, 3.63) is 47.8 Å². The highest BCUT2D eigenvalue weighted by molar-refractivity contribution is 6.13. The van der Waals surface area contributed by atoms with Gasteiger partial charge in [0.2, 0.25) is 0 Å². The van der Waals surface area contributed by atoms with Crippen LogP contribution >= 0.6 is 0 Å². The topological polar surface area (TPSA) is 121 Å². The number of amides is 1. The van der Waals surface area contributed by atoms with Gasteiger partial charge in [-0.05, 0) is 38.1 Å². The molecule has 9 nitrogen and oxygen atoms in total. The van der Waals surface area contributed by atoms with Gasteiger partial charge in [-0.25, -0.2) is 10.6 Å². The monoisotopic (exact) mass is 416 g/mol. The molecule has 1 heterocycles. The largest absolute Gasteiger partial charge is 0.491 e. The number of likely N-dealkylation sites (N-methyl/N-ethyl adjacent to an activating group) is 1. The lowest BCUT2D eigenvalue weighted by atomic mass is 10.0. The van der Waals surface area contributed by atoms with E-state index in [0.29, 0.717) is 54.6 Å². The average molecular weight is 417 g/mol.